The van der Waals surface area contributed by atoms with E-state index in [1.807, 2.05) is 38.1 Å². The van der Waals surface area contributed by atoms with Crippen molar-refractivity contribution in [1.29, 1.82) is 0 Å². The fourth-order valence-electron chi connectivity index (χ4n) is 1.71. The summed E-state index contributed by atoms with van der Waals surface area (Å²) in [5.74, 6) is 1.24. The van der Waals surface area contributed by atoms with Crippen LogP contribution in [0.5, 0.6) is 5.75 Å². The van der Waals surface area contributed by atoms with E-state index in [2.05, 4.69) is 9.97 Å². The number of aromatic nitrogens is 2. The summed E-state index contributed by atoms with van der Waals surface area (Å²) < 4.78 is 5.54. The van der Waals surface area contributed by atoms with Crippen molar-refractivity contribution in [2.75, 3.05) is 6.61 Å². The van der Waals surface area contributed by atoms with Crippen LogP contribution in [-0.2, 0) is 0 Å². The summed E-state index contributed by atoms with van der Waals surface area (Å²) in [5.41, 5.74) is 1.93. The maximum atomic E-state index is 10.8. The van der Waals surface area contributed by atoms with Gasteiger partial charge in [-0.2, -0.15) is 0 Å². The van der Waals surface area contributed by atoms with Crippen molar-refractivity contribution in [3.63, 3.8) is 0 Å². The highest BCUT2D eigenvalue weighted by atomic mass is 16.5. The van der Waals surface area contributed by atoms with Gasteiger partial charge in [0.1, 0.15) is 11.4 Å². The first-order valence-corrected chi connectivity index (χ1v) is 5.77. The van der Waals surface area contributed by atoms with Gasteiger partial charge in [-0.25, -0.2) is 9.97 Å². The molecule has 4 heteroatoms. The molecule has 0 N–H and O–H groups in total. The minimum Gasteiger partial charge on any atom is -0.493 e. The predicted octanol–water partition coefficient (Wildman–Crippen LogP) is 2.66. The Kier molecular flexibility index (Phi) is 3.67. The van der Waals surface area contributed by atoms with Crippen LogP contribution in [0, 0.1) is 6.92 Å². The molecule has 0 amide bonds. The zero-order valence-corrected chi connectivity index (χ0v) is 10.4. The first kappa shape index (κ1) is 12.2. The van der Waals surface area contributed by atoms with Gasteiger partial charge >= 0.3 is 0 Å². The minimum absolute atomic E-state index is 0.379. The Morgan fingerprint density at radius 2 is 2.06 bits per heavy atom. The third kappa shape index (κ3) is 2.53. The fourth-order valence-corrected chi connectivity index (χ4v) is 1.71. The predicted molar refractivity (Wildman–Crippen MR) is 68.8 cm³/mol. The number of ether oxygens (including phenoxy) is 1. The van der Waals surface area contributed by atoms with Crippen molar-refractivity contribution in [3.8, 4) is 17.1 Å². The lowest BCUT2D eigenvalue weighted by molar-refractivity contribution is 0.111. The summed E-state index contributed by atoms with van der Waals surface area (Å²) in [5, 5.41) is 0. The molecule has 0 radical (unpaired) electrons. The second kappa shape index (κ2) is 5.40. The number of para-hydroxylation sites is 1. The number of aryl methyl sites for hydroxylation is 1. The van der Waals surface area contributed by atoms with Gasteiger partial charge in [-0.3, -0.25) is 4.79 Å². The van der Waals surface area contributed by atoms with Crippen molar-refractivity contribution in [2.24, 2.45) is 0 Å². The molecular weight excluding hydrogens is 228 g/mol. The molecule has 2 aromatic rings. The molecule has 0 bridgehead atoms. The number of nitrogens with zero attached hydrogens (tertiary/aromatic N) is 2. The number of carbonyl (C=O) groups excluding carboxylic acids is 1. The van der Waals surface area contributed by atoms with Crippen LogP contribution in [0.25, 0.3) is 11.4 Å². The lowest BCUT2D eigenvalue weighted by Gasteiger charge is -2.09. The van der Waals surface area contributed by atoms with Crippen LogP contribution in [-0.4, -0.2) is 22.9 Å². The number of aldehydes is 1. The number of benzene rings is 1. The van der Waals surface area contributed by atoms with Crippen molar-refractivity contribution < 1.29 is 9.53 Å². The van der Waals surface area contributed by atoms with E-state index in [1.54, 1.807) is 6.07 Å². The first-order valence-electron chi connectivity index (χ1n) is 5.77. The molecule has 0 unspecified atom stereocenters. The molecular formula is C14H14N2O2. The van der Waals surface area contributed by atoms with Crippen LogP contribution in [0.2, 0.25) is 0 Å². The lowest BCUT2D eigenvalue weighted by atomic mass is 10.2. The molecule has 92 valence electrons. The van der Waals surface area contributed by atoms with E-state index in [-0.39, 0.29) is 0 Å². The van der Waals surface area contributed by atoms with Gasteiger partial charge in [0, 0.05) is 5.69 Å². The van der Waals surface area contributed by atoms with Crippen molar-refractivity contribution in [2.45, 2.75) is 13.8 Å². The second-order valence-corrected chi connectivity index (χ2v) is 3.80. The normalized spacial score (nSPS) is 10.1. The Hall–Kier alpha value is -2.23. The van der Waals surface area contributed by atoms with E-state index < -0.39 is 0 Å². The largest absolute Gasteiger partial charge is 0.493 e. The van der Waals surface area contributed by atoms with Gasteiger partial charge < -0.3 is 4.74 Å². The highest BCUT2D eigenvalue weighted by Crippen LogP contribution is 2.27. The zero-order chi connectivity index (χ0) is 13.0. The smallest absolute Gasteiger partial charge is 0.168 e. The monoisotopic (exact) mass is 242 g/mol. The van der Waals surface area contributed by atoms with Crippen molar-refractivity contribution in [1.82, 2.24) is 9.97 Å². The Morgan fingerprint density at radius 1 is 1.28 bits per heavy atom. The number of hydrogen-bond acceptors (Lipinski definition) is 4. The maximum absolute atomic E-state index is 10.8. The SMILES string of the molecule is CCOc1ccccc1-c1nc(C)cc(C=O)n1. The summed E-state index contributed by atoms with van der Waals surface area (Å²) in [6.45, 7) is 4.33. The summed E-state index contributed by atoms with van der Waals surface area (Å²) in [6.07, 6.45) is 0.724. The van der Waals surface area contributed by atoms with Gasteiger partial charge in [0.05, 0.1) is 12.2 Å². The quantitative estimate of drug-likeness (QED) is 0.773. The molecule has 0 saturated heterocycles. The standard InChI is InChI=1S/C14H14N2O2/c1-3-18-13-7-5-4-6-12(13)14-15-10(2)8-11(9-17)16-14/h4-9H,3H2,1-2H3. The topological polar surface area (TPSA) is 52.1 Å². The van der Waals surface area contributed by atoms with Crippen LogP contribution >= 0.6 is 0 Å². The van der Waals surface area contributed by atoms with E-state index in [1.165, 1.54) is 0 Å². The fraction of sp³-hybridized carbons (Fsp3) is 0.214. The molecule has 0 aliphatic carbocycles. The molecule has 18 heavy (non-hydrogen) atoms. The van der Waals surface area contributed by atoms with Gasteiger partial charge in [-0.15, -0.1) is 0 Å². The molecule has 0 spiro atoms. The van der Waals surface area contributed by atoms with Gasteiger partial charge in [0.25, 0.3) is 0 Å². The van der Waals surface area contributed by atoms with E-state index in [0.29, 0.717) is 18.1 Å². The average Bonchev–Trinajstić information content (AvgIpc) is 2.39. The van der Waals surface area contributed by atoms with Gasteiger partial charge in [0.2, 0.25) is 0 Å². The van der Waals surface area contributed by atoms with E-state index >= 15 is 0 Å². The van der Waals surface area contributed by atoms with Crippen LogP contribution in [0.3, 0.4) is 0 Å². The van der Waals surface area contributed by atoms with Gasteiger partial charge in [0.15, 0.2) is 12.1 Å². The van der Waals surface area contributed by atoms with Gasteiger partial charge in [-0.05, 0) is 32.0 Å². The summed E-state index contributed by atoms with van der Waals surface area (Å²) >= 11 is 0. The molecule has 1 aromatic carbocycles. The molecule has 0 aliphatic heterocycles. The number of rotatable bonds is 4. The average molecular weight is 242 g/mol. The lowest BCUT2D eigenvalue weighted by Crippen LogP contribution is -2.00. The molecule has 4 nitrogen and oxygen atoms in total. The minimum atomic E-state index is 0.379. The molecule has 0 atom stereocenters. The summed E-state index contributed by atoms with van der Waals surface area (Å²) in [4.78, 5) is 19.4. The van der Waals surface area contributed by atoms with E-state index in [0.717, 1.165) is 23.3 Å². The third-order valence-corrected chi connectivity index (χ3v) is 2.42. The Labute approximate surface area is 106 Å². The van der Waals surface area contributed by atoms with Crippen molar-refractivity contribution in [3.05, 3.63) is 41.7 Å². The molecule has 0 fully saturated rings. The van der Waals surface area contributed by atoms with E-state index in [9.17, 15) is 4.79 Å². The first-order chi connectivity index (χ1) is 8.74. The van der Waals surface area contributed by atoms with Crippen molar-refractivity contribution >= 4 is 6.29 Å². The highest BCUT2D eigenvalue weighted by Gasteiger charge is 2.09. The molecule has 1 aromatic heterocycles. The molecule has 2 rings (SSSR count). The Bertz CT molecular complexity index is 567. The maximum Gasteiger partial charge on any atom is 0.168 e. The molecule has 1 heterocycles. The zero-order valence-electron chi connectivity index (χ0n) is 10.4. The second-order valence-electron chi connectivity index (χ2n) is 3.80. The van der Waals surface area contributed by atoms with Crippen LogP contribution < -0.4 is 4.74 Å². The number of carbonyl (C=O) groups is 1. The molecule has 0 aliphatic rings. The van der Waals surface area contributed by atoms with E-state index in [4.69, 9.17) is 4.74 Å². The highest BCUT2D eigenvalue weighted by molar-refractivity contribution is 5.74. The molecule has 0 saturated carbocycles. The summed E-state index contributed by atoms with van der Waals surface area (Å²) in [7, 11) is 0. The Balaban J connectivity index is 2.54. The summed E-state index contributed by atoms with van der Waals surface area (Å²) in [6, 6.07) is 9.19. The van der Waals surface area contributed by atoms with Crippen LogP contribution in [0.15, 0.2) is 30.3 Å². The number of hydrogen-bond donors (Lipinski definition) is 0. The van der Waals surface area contributed by atoms with Crippen LogP contribution in [0.4, 0.5) is 0 Å². The third-order valence-electron chi connectivity index (χ3n) is 2.42. The van der Waals surface area contributed by atoms with Gasteiger partial charge in [-0.1, -0.05) is 12.1 Å². The van der Waals surface area contributed by atoms with Crippen LogP contribution in [0.1, 0.15) is 23.1 Å². The Morgan fingerprint density at radius 3 is 2.78 bits per heavy atom.